The van der Waals surface area contributed by atoms with E-state index in [4.69, 9.17) is 11.1 Å². The van der Waals surface area contributed by atoms with E-state index in [0.29, 0.717) is 30.9 Å². The van der Waals surface area contributed by atoms with E-state index in [0.717, 1.165) is 44.3 Å². The Morgan fingerprint density at radius 3 is 2.43 bits per heavy atom. The van der Waals surface area contributed by atoms with Crippen LogP contribution in [-0.2, 0) is 26.2 Å². The number of benzene rings is 1. The SMILES string of the molecule is CCS(=O)(=O)NC(CC1CCCCC1)C(=O)N1CCCC1.N=C(N)c1ccc(CNC=O)cc1O. The van der Waals surface area contributed by atoms with Gasteiger partial charge >= 0.3 is 0 Å². The number of phenolic OH excluding ortho intramolecular Hbond substituents is 1. The molecule has 11 heteroatoms. The smallest absolute Gasteiger partial charge is 0.240 e. The lowest BCUT2D eigenvalue weighted by atomic mass is 9.85. The van der Waals surface area contributed by atoms with Crippen molar-refractivity contribution in [2.75, 3.05) is 18.8 Å². The van der Waals surface area contributed by atoms with Crippen molar-refractivity contribution in [2.24, 2.45) is 11.7 Å². The molecule has 0 radical (unpaired) electrons. The summed E-state index contributed by atoms with van der Waals surface area (Å²) < 4.78 is 26.4. The van der Waals surface area contributed by atoms with E-state index >= 15 is 0 Å². The molecule has 6 N–H and O–H groups in total. The Hall–Kier alpha value is -2.66. The quantitative estimate of drug-likeness (QED) is 0.183. The van der Waals surface area contributed by atoms with Gasteiger partial charge in [-0.1, -0.05) is 38.2 Å². The van der Waals surface area contributed by atoms with Crippen molar-refractivity contribution in [2.45, 2.75) is 70.9 Å². The lowest BCUT2D eigenvalue weighted by Gasteiger charge is -2.29. The monoisotopic (exact) mass is 509 g/mol. The molecule has 3 rings (SSSR count). The van der Waals surface area contributed by atoms with Gasteiger partial charge in [0.1, 0.15) is 17.6 Å². The van der Waals surface area contributed by atoms with Crippen LogP contribution in [0.1, 0.15) is 69.4 Å². The van der Waals surface area contributed by atoms with Crippen LogP contribution >= 0.6 is 0 Å². The molecule has 1 saturated heterocycles. The minimum atomic E-state index is -3.34. The Labute approximate surface area is 208 Å². The molecule has 1 aliphatic heterocycles. The van der Waals surface area contributed by atoms with E-state index in [1.54, 1.807) is 19.1 Å². The molecule has 2 aliphatic rings. The summed E-state index contributed by atoms with van der Waals surface area (Å²) >= 11 is 0. The Kier molecular flexibility index (Phi) is 11.5. The van der Waals surface area contributed by atoms with Gasteiger partial charge in [0.15, 0.2) is 0 Å². The van der Waals surface area contributed by atoms with Crippen LogP contribution in [-0.4, -0.2) is 61.5 Å². The molecule has 196 valence electrons. The molecule has 1 unspecified atom stereocenters. The number of nitrogens with one attached hydrogen (secondary N) is 3. The molecule has 1 saturated carbocycles. The molecule has 1 aromatic rings. The molecule has 1 aromatic carbocycles. The van der Waals surface area contributed by atoms with Crippen molar-refractivity contribution in [1.82, 2.24) is 14.9 Å². The predicted octanol–water partition coefficient (Wildman–Crippen LogP) is 1.81. The lowest BCUT2D eigenvalue weighted by Crippen LogP contribution is -2.49. The number of nitrogens with zero attached hydrogens (tertiary/aromatic N) is 1. The van der Waals surface area contributed by atoms with E-state index < -0.39 is 16.1 Å². The fourth-order valence-electron chi connectivity index (χ4n) is 4.49. The number of likely N-dealkylation sites (tertiary alicyclic amines) is 1. The highest BCUT2D eigenvalue weighted by Gasteiger charge is 2.31. The van der Waals surface area contributed by atoms with E-state index in [2.05, 4.69) is 10.0 Å². The fraction of sp³-hybridized carbons (Fsp3) is 0.625. The van der Waals surface area contributed by atoms with Gasteiger partial charge in [-0.3, -0.25) is 15.0 Å². The number of carbonyl (C=O) groups excluding carboxylic acids is 2. The number of sulfonamides is 1. The second-order valence-electron chi connectivity index (χ2n) is 9.11. The van der Waals surface area contributed by atoms with Gasteiger partial charge in [-0.05, 0) is 49.8 Å². The number of hydrogen-bond acceptors (Lipinski definition) is 6. The first-order chi connectivity index (χ1) is 16.7. The molecule has 1 heterocycles. The largest absolute Gasteiger partial charge is 0.507 e. The maximum atomic E-state index is 12.6. The first-order valence-electron chi connectivity index (χ1n) is 12.3. The molecule has 0 spiro atoms. The van der Waals surface area contributed by atoms with Gasteiger partial charge in [0, 0.05) is 19.6 Å². The first-order valence-corrected chi connectivity index (χ1v) is 13.9. The number of nitrogen functional groups attached to an aromatic ring is 1. The third kappa shape index (κ3) is 9.48. The number of amidine groups is 1. The van der Waals surface area contributed by atoms with Gasteiger partial charge in [-0.2, -0.15) is 0 Å². The summed E-state index contributed by atoms with van der Waals surface area (Å²) in [6.45, 7) is 3.50. The summed E-state index contributed by atoms with van der Waals surface area (Å²) in [6, 6.07) is 4.13. The van der Waals surface area contributed by atoms with Crippen LogP contribution in [0.4, 0.5) is 0 Å². The summed E-state index contributed by atoms with van der Waals surface area (Å²) in [6.07, 6.45) is 9.22. The average Bonchev–Trinajstić information content (AvgIpc) is 3.38. The number of amides is 2. The van der Waals surface area contributed by atoms with Crippen LogP contribution in [0.2, 0.25) is 0 Å². The van der Waals surface area contributed by atoms with Crippen LogP contribution < -0.4 is 15.8 Å². The van der Waals surface area contributed by atoms with Crippen LogP contribution in [0.15, 0.2) is 18.2 Å². The van der Waals surface area contributed by atoms with Crippen molar-refractivity contribution < 1.29 is 23.1 Å². The predicted molar refractivity (Wildman–Crippen MR) is 135 cm³/mol. The van der Waals surface area contributed by atoms with Gasteiger partial charge in [0.05, 0.1) is 11.3 Å². The zero-order valence-electron chi connectivity index (χ0n) is 20.5. The highest BCUT2D eigenvalue weighted by Crippen LogP contribution is 2.28. The fourth-order valence-corrected chi connectivity index (χ4v) is 5.29. The van der Waals surface area contributed by atoms with Gasteiger partial charge in [0.25, 0.3) is 0 Å². The molecule has 10 nitrogen and oxygen atoms in total. The first kappa shape index (κ1) is 28.6. The third-order valence-electron chi connectivity index (χ3n) is 6.45. The number of carbonyl (C=O) groups is 2. The van der Waals surface area contributed by atoms with Crippen LogP contribution in [0.5, 0.6) is 5.75 Å². The maximum absolute atomic E-state index is 12.6. The Balaban J connectivity index is 0.000000269. The van der Waals surface area contributed by atoms with Crippen molar-refractivity contribution in [1.29, 1.82) is 5.41 Å². The van der Waals surface area contributed by atoms with Crippen molar-refractivity contribution >= 4 is 28.2 Å². The number of aromatic hydroxyl groups is 1. The zero-order valence-corrected chi connectivity index (χ0v) is 21.3. The highest BCUT2D eigenvalue weighted by atomic mass is 32.2. The summed E-state index contributed by atoms with van der Waals surface area (Å²) in [5.41, 5.74) is 6.26. The van der Waals surface area contributed by atoms with Gasteiger partial charge in [-0.25, -0.2) is 13.1 Å². The van der Waals surface area contributed by atoms with Crippen molar-refractivity contribution in [3.8, 4) is 5.75 Å². The minimum absolute atomic E-state index is 0.0184. The van der Waals surface area contributed by atoms with Gasteiger partial charge < -0.3 is 21.1 Å². The van der Waals surface area contributed by atoms with E-state index in [-0.39, 0.29) is 23.2 Å². The molecular formula is C24H39N5O5S. The molecule has 0 bridgehead atoms. The van der Waals surface area contributed by atoms with Crippen LogP contribution in [0.25, 0.3) is 0 Å². The number of phenols is 1. The summed E-state index contributed by atoms with van der Waals surface area (Å²) in [7, 11) is -3.34. The lowest BCUT2D eigenvalue weighted by molar-refractivity contribution is -0.132. The maximum Gasteiger partial charge on any atom is 0.240 e. The zero-order chi connectivity index (χ0) is 25.8. The molecule has 1 aliphatic carbocycles. The van der Waals surface area contributed by atoms with E-state index in [1.165, 1.54) is 25.3 Å². The normalized spacial score (nSPS) is 17.2. The molecule has 2 amide bonds. The Bertz CT molecular complexity index is 957. The average molecular weight is 510 g/mol. The van der Waals surface area contributed by atoms with Crippen LogP contribution in [0, 0.1) is 11.3 Å². The number of nitrogens with two attached hydrogens (primary N) is 1. The third-order valence-corrected chi connectivity index (χ3v) is 7.86. The molecule has 0 aromatic heterocycles. The summed E-state index contributed by atoms with van der Waals surface area (Å²) in [5.74, 6) is 0.256. The molecular weight excluding hydrogens is 470 g/mol. The molecule has 35 heavy (non-hydrogen) atoms. The van der Waals surface area contributed by atoms with E-state index in [1.807, 2.05) is 4.90 Å². The summed E-state index contributed by atoms with van der Waals surface area (Å²) in [5, 5.41) is 19.0. The summed E-state index contributed by atoms with van der Waals surface area (Å²) in [4.78, 5) is 24.4. The van der Waals surface area contributed by atoms with Gasteiger partial charge in [0.2, 0.25) is 22.3 Å². The number of rotatable bonds is 10. The molecule has 2 fully saturated rings. The second-order valence-corrected chi connectivity index (χ2v) is 11.2. The van der Waals surface area contributed by atoms with Crippen LogP contribution in [0.3, 0.4) is 0 Å². The minimum Gasteiger partial charge on any atom is -0.507 e. The number of hydrogen-bond donors (Lipinski definition) is 5. The standard InChI is InChI=1S/C15H28N2O3S.C9H11N3O2/c1-2-21(19,20)16-14(12-13-8-4-3-5-9-13)15(18)17-10-6-7-11-17;10-9(11)7-2-1-6(3-8(7)14)4-12-5-13/h13-14,16H,2-12H2,1H3;1-3,5,14H,4H2,(H3,10,11)(H,12,13). The second kappa shape index (κ2) is 14.0. The topological polar surface area (TPSA) is 166 Å². The van der Waals surface area contributed by atoms with Crippen molar-refractivity contribution in [3.05, 3.63) is 29.3 Å². The Morgan fingerprint density at radius 1 is 1.23 bits per heavy atom. The van der Waals surface area contributed by atoms with E-state index in [9.17, 15) is 23.1 Å². The molecule has 1 atom stereocenters. The highest BCUT2D eigenvalue weighted by molar-refractivity contribution is 7.89. The Morgan fingerprint density at radius 2 is 1.89 bits per heavy atom. The van der Waals surface area contributed by atoms with Gasteiger partial charge in [-0.15, -0.1) is 0 Å². The van der Waals surface area contributed by atoms with Crippen molar-refractivity contribution in [3.63, 3.8) is 0 Å².